The molecular weight excluding hydrogens is 354 g/mol. The van der Waals surface area contributed by atoms with E-state index in [2.05, 4.69) is 9.97 Å². The Morgan fingerprint density at radius 3 is 2.33 bits per heavy atom. The van der Waals surface area contributed by atoms with E-state index in [0.717, 1.165) is 11.4 Å². The van der Waals surface area contributed by atoms with Crippen molar-refractivity contribution in [3.63, 3.8) is 0 Å². The number of carbonyl (C=O) groups is 2. The number of H-pyrrole nitrogens is 1. The van der Waals surface area contributed by atoms with E-state index < -0.39 is 12.0 Å². The molecular formula is C18H21N3O6. The average Bonchev–Trinajstić information content (AvgIpc) is 3.17. The van der Waals surface area contributed by atoms with Gasteiger partial charge in [0, 0.05) is 12.0 Å². The van der Waals surface area contributed by atoms with E-state index in [1.54, 1.807) is 18.5 Å². The average molecular weight is 375 g/mol. The van der Waals surface area contributed by atoms with Gasteiger partial charge >= 0.3 is 5.97 Å². The van der Waals surface area contributed by atoms with Gasteiger partial charge in [0.15, 0.2) is 11.5 Å². The first-order chi connectivity index (χ1) is 13.0. The number of nitrogens with zero attached hydrogens (tertiary/aromatic N) is 2. The highest BCUT2D eigenvalue weighted by atomic mass is 16.5. The van der Waals surface area contributed by atoms with E-state index in [9.17, 15) is 9.59 Å². The summed E-state index contributed by atoms with van der Waals surface area (Å²) in [5.74, 6) is 0.244. The van der Waals surface area contributed by atoms with Crippen LogP contribution in [0.5, 0.6) is 17.2 Å². The molecule has 2 aromatic rings. The van der Waals surface area contributed by atoms with Crippen LogP contribution in [0.4, 0.5) is 0 Å². The second-order valence-electron chi connectivity index (χ2n) is 5.92. The maximum absolute atomic E-state index is 13.2. The highest BCUT2D eigenvalue weighted by Gasteiger charge is 2.37. The van der Waals surface area contributed by atoms with E-state index in [4.69, 9.17) is 18.9 Å². The minimum absolute atomic E-state index is 0.213. The number of methoxy groups -OCH3 is 4. The van der Waals surface area contributed by atoms with Crippen LogP contribution in [0.3, 0.4) is 0 Å². The molecule has 1 aromatic carbocycles. The van der Waals surface area contributed by atoms with Crippen molar-refractivity contribution in [2.75, 3.05) is 28.4 Å². The van der Waals surface area contributed by atoms with Gasteiger partial charge in [-0.15, -0.1) is 0 Å². The number of aromatic nitrogens is 2. The van der Waals surface area contributed by atoms with Gasteiger partial charge in [0.2, 0.25) is 5.75 Å². The summed E-state index contributed by atoms with van der Waals surface area (Å²) in [6.07, 6.45) is 1.83. The summed E-state index contributed by atoms with van der Waals surface area (Å²) in [6.45, 7) is 0.213. The number of imidazole rings is 1. The fourth-order valence-corrected chi connectivity index (χ4v) is 3.17. The first kappa shape index (κ1) is 18.6. The third kappa shape index (κ3) is 3.27. The molecule has 0 saturated carbocycles. The van der Waals surface area contributed by atoms with Crippen molar-refractivity contribution in [3.8, 4) is 17.2 Å². The van der Waals surface area contributed by atoms with Crippen molar-refractivity contribution in [1.82, 2.24) is 14.9 Å². The topological polar surface area (TPSA) is 103 Å². The number of nitrogens with one attached hydrogen (secondary N) is 1. The second kappa shape index (κ2) is 7.56. The lowest BCUT2D eigenvalue weighted by Crippen LogP contribution is -2.49. The predicted octanol–water partition coefficient (Wildman–Crippen LogP) is 1.18. The molecule has 2 heterocycles. The van der Waals surface area contributed by atoms with Crippen LogP contribution in [0, 0.1) is 0 Å². The molecule has 0 fully saturated rings. The van der Waals surface area contributed by atoms with Crippen LogP contribution in [0.15, 0.2) is 18.5 Å². The number of aromatic amines is 1. The highest BCUT2D eigenvalue weighted by molar-refractivity contribution is 5.98. The van der Waals surface area contributed by atoms with Crippen molar-refractivity contribution < 1.29 is 28.5 Å². The summed E-state index contributed by atoms with van der Waals surface area (Å²) < 4.78 is 20.8. The monoisotopic (exact) mass is 375 g/mol. The Hall–Kier alpha value is -3.23. The smallest absolute Gasteiger partial charge is 0.329 e. The number of benzene rings is 1. The zero-order valence-electron chi connectivity index (χ0n) is 15.6. The third-order valence-corrected chi connectivity index (χ3v) is 4.54. The number of hydrogen-bond acceptors (Lipinski definition) is 7. The van der Waals surface area contributed by atoms with E-state index in [1.807, 2.05) is 0 Å². The van der Waals surface area contributed by atoms with Crippen LogP contribution in [0.1, 0.15) is 21.7 Å². The van der Waals surface area contributed by atoms with E-state index in [0.29, 0.717) is 22.8 Å². The molecule has 1 unspecified atom stereocenters. The fraction of sp³-hybridized carbons (Fsp3) is 0.389. The predicted molar refractivity (Wildman–Crippen MR) is 94.1 cm³/mol. The van der Waals surface area contributed by atoms with Crippen LogP contribution in [0.2, 0.25) is 0 Å². The number of ether oxygens (including phenoxy) is 4. The third-order valence-electron chi connectivity index (χ3n) is 4.54. The Labute approximate surface area is 156 Å². The number of fused-ring (bicyclic) bond motifs is 1. The zero-order chi connectivity index (χ0) is 19.6. The molecule has 1 aromatic heterocycles. The van der Waals surface area contributed by atoms with Crippen molar-refractivity contribution >= 4 is 11.9 Å². The van der Waals surface area contributed by atoms with Crippen LogP contribution >= 0.6 is 0 Å². The van der Waals surface area contributed by atoms with Gasteiger partial charge in [-0.2, -0.15) is 0 Å². The minimum atomic E-state index is -0.766. The lowest BCUT2D eigenvalue weighted by Gasteiger charge is -2.33. The molecule has 0 spiro atoms. The van der Waals surface area contributed by atoms with Gasteiger partial charge in [-0.1, -0.05) is 0 Å². The summed E-state index contributed by atoms with van der Waals surface area (Å²) in [7, 11) is 5.73. The van der Waals surface area contributed by atoms with E-state index in [1.165, 1.54) is 33.3 Å². The van der Waals surface area contributed by atoms with Gasteiger partial charge in [-0.05, 0) is 12.1 Å². The van der Waals surface area contributed by atoms with Gasteiger partial charge in [-0.25, -0.2) is 9.78 Å². The molecule has 27 heavy (non-hydrogen) atoms. The lowest BCUT2D eigenvalue weighted by molar-refractivity contribution is -0.146. The molecule has 9 heteroatoms. The molecule has 3 rings (SSSR count). The lowest BCUT2D eigenvalue weighted by atomic mass is 10.0. The normalized spacial score (nSPS) is 15.7. The number of amides is 1. The van der Waals surface area contributed by atoms with Gasteiger partial charge in [-0.3, -0.25) is 4.79 Å². The van der Waals surface area contributed by atoms with Gasteiger partial charge in [0.05, 0.1) is 52.7 Å². The quantitative estimate of drug-likeness (QED) is 0.783. The van der Waals surface area contributed by atoms with Crippen molar-refractivity contribution in [1.29, 1.82) is 0 Å². The van der Waals surface area contributed by atoms with Gasteiger partial charge < -0.3 is 28.8 Å². The molecule has 1 amide bonds. The summed E-state index contributed by atoms with van der Waals surface area (Å²) in [5, 5.41) is 0. The molecule has 0 aliphatic carbocycles. The molecule has 1 aliphatic rings. The fourth-order valence-electron chi connectivity index (χ4n) is 3.17. The largest absolute Gasteiger partial charge is 0.493 e. The summed E-state index contributed by atoms with van der Waals surface area (Å²) in [6, 6.07) is 2.35. The number of carbonyl (C=O) groups excluding carboxylic acids is 2. The number of esters is 1. The zero-order valence-corrected chi connectivity index (χ0v) is 15.6. The minimum Gasteiger partial charge on any atom is -0.493 e. The summed E-state index contributed by atoms with van der Waals surface area (Å²) in [5.41, 5.74) is 1.84. The van der Waals surface area contributed by atoms with E-state index >= 15 is 0 Å². The Balaban J connectivity index is 2.01. The Morgan fingerprint density at radius 1 is 1.11 bits per heavy atom. The van der Waals surface area contributed by atoms with Crippen LogP contribution in [0.25, 0.3) is 0 Å². The van der Waals surface area contributed by atoms with Crippen LogP contribution in [-0.2, 0) is 22.5 Å². The molecule has 9 nitrogen and oxygen atoms in total. The summed E-state index contributed by atoms with van der Waals surface area (Å²) in [4.78, 5) is 34.2. The number of hydrogen-bond donors (Lipinski definition) is 1. The SMILES string of the molecule is COC(=O)C1Cc2nc[nH]c2CN1C(=O)c1cc(OC)c(OC)c(OC)c1. The Kier molecular flexibility index (Phi) is 5.20. The van der Waals surface area contributed by atoms with Crippen molar-refractivity contribution in [3.05, 3.63) is 35.4 Å². The maximum Gasteiger partial charge on any atom is 0.329 e. The van der Waals surface area contributed by atoms with Crippen LogP contribution < -0.4 is 14.2 Å². The summed E-state index contributed by atoms with van der Waals surface area (Å²) >= 11 is 0. The first-order valence-electron chi connectivity index (χ1n) is 8.23. The second-order valence-corrected chi connectivity index (χ2v) is 5.92. The van der Waals surface area contributed by atoms with Crippen LogP contribution in [-0.4, -0.2) is 61.2 Å². The van der Waals surface area contributed by atoms with Crippen molar-refractivity contribution in [2.24, 2.45) is 0 Å². The Bertz CT molecular complexity index is 838. The van der Waals surface area contributed by atoms with Gasteiger partial charge in [0.25, 0.3) is 5.91 Å². The Morgan fingerprint density at radius 2 is 1.78 bits per heavy atom. The molecule has 0 radical (unpaired) electrons. The maximum atomic E-state index is 13.2. The first-order valence-corrected chi connectivity index (χ1v) is 8.23. The molecule has 1 atom stereocenters. The molecule has 144 valence electrons. The van der Waals surface area contributed by atoms with E-state index in [-0.39, 0.29) is 18.9 Å². The van der Waals surface area contributed by atoms with Gasteiger partial charge in [0.1, 0.15) is 6.04 Å². The standard InChI is InChI=1S/C18H21N3O6/c1-24-14-5-10(6-15(25-2)16(14)26-3)17(22)21-8-12-11(19-9-20-12)7-13(21)18(23)27-4/h5-6,9,13H,7-8H2,1-4H3,(H,19,20). The molecule has 0 saturated heterocycles. The van der Waals surface area contributed by atoms with Crippen molar-refractivity contribution in [2.45, 2.75) is 19.0 Å². The molecule has 1 N–H and O–H groups in total. The molecule has 1 aliphatic heterocycles. The molecule has 0 bridgehead atoms. The highest BCUT2D eigenvalue weighted by Crippen LogP contribution is 2.39. The number of rotatable bonds is 5.